The average molecular weight is 823 g/mol. The molecule has 0 saturated heterocycles. The molecule has 0 aliphatic heterocycles. The van der Waals surface area contributed by atoms with Crippen molar-refractivity contribution < 1.29 is 18.3 Å². The van der Waals surface area contributed by atoms with Crippen LogP contribution in [0, 0.1) is 39.4 Å². The zero-order valence-corrected chi connectivity index (χ0v) is 38.4. The van der Waals surface area contributed by atoms with Crippen molar-refractivity contribution in [1.82, 2.24) is 0 Å². The van der Waals surface area contributed by atoms with Crippen LogP contribution in [0.1, 0.15) is 150 Å². The molecule has 7 aliphatic carbocycles. The summed E-state index contributed by atoms with van der Waals surface area (Å²) in [6.45, 7) is 22.3. The van der Waals surface area contributed by atoms with E-state index in [-0.39, 0.29) is 49.6 Å². The van der Waals surface area contributed by atoms with Gasteiger partial charge in [-0.2, -0.15) is 0 Å². The molecule has 3 heteroatoms. The van der Waals surface area contributed by atoms with Crippen molar-refractivity contribution in [3.8, 4) is 0 Å². The SMILES string of the molecule is Cl.Cl.[CH2]=[Zr]([CH2]C1CCCCC1)([CH2]C1CCCCC1)([C]1=CC=CC1)[C]1(C)C2=C3Cc4ccccc4C3=C3C=CCCC3C2(C)C(C)(C)C(C)(C)C1(C)C. The van der Waals surface area contributed by atoms with Crippen molar-refractivity contribution in [2.45, 2.75) is 157 Å². The minimum absolute atomic E-state index is 0. The molecular formula is C49H72Cl2Zr. The third-order valence-corrected chi connectivity index (χ3v) is 40.5. The van der Waals surface area contributed by atoms with E-state index in [2.05, 4.69) is 110 Å². The molecule has 7 aliphatic rings. The van der Waals surface area contributed by atoms with Crippen LogP contribution in [0.2, 0.25) is 11.4 Å². The molecule has 1 aromatic rings. The molecule has 1 aromatic carbocycles. The van der Waals surface area contributed by atoms with Crippen LogP contribution < -0.4 is 0 Å². The zero-order valence-electron chi connectivity index (χ0n) is 34.3. The first-order valence-electron chi connectivity index (χ1n) is 21.3. The Labute approximate surface area is 332 Å². The molecule has 3 atom stereocenters. The number of benzene rings is 1. The van der Waals surface area contributed by atoms with E-state index in [1.165, 1.54) is 91.7 Å². The molecule has 52 heavy (non-hydrogen) atoms. The predicted octanol–water partition coefficient (Wildman–Crippen LogP) is 15.4. The Bertz CT molecular complexity index is 1770. The van der Waals surface area contributed by atoms with Crippen molar-refractivity contribution in [1.29, 1.82) is 0 Å². The van der Waals surface area contributed by atoms with Gasteiger partial charge in [-0.05, 0) is 0 Å². The number of hydrogen-bond donors (Lipinski definition) is 0. The van der Waals surface area contributed by atoms with Crippen LogP contribution in [0.25, 0.3) is 5.57 Å². The summed E-state index contributed by atoms with van der Waals surface area (Å²) < 4.78 is 11.1. The minimum atomic E-state index is -4.45. The Balaban J connectivity index is 0.00000232. The van der Waals surface area contributed by atoms with Gasteiger partial charge in [-0.15, -0.1) is 24.8 Å². The maximum absolute atomic E-state index is 6.30. The number of rotatable bonds is 6. The molecule has 0 nitrogen and oxygen atoms in total. The summed E-state index contributed by atoms with van der Waals surface area (Å²) in [6.07, 6.45) is 32.0. The standard InChI is InChI=1S/C29H37.2C7H13.C5H5.CH2.2ClH.Zr/c1-18-25-22-17-19-13-9-10-14-20(19)24(22)21-15-11-12-16-23(21)29(25,8)28(6,7)27(4,5)26(18,2)3;2*1-7-5-3-2-4-6-7;1-2-4-5-3-1;;;;/h9-11,13-15,23H,12,16-17H2,1-8H3;2*7H,1-6H2;1-3H,4H2;1H2;2*1H;. The van der Waals surface area contributed by atoms with E-state index < -0.39 is 18.3 Å². The Morgan fingerprint density at radius 3 is 1.88 bits per heavy atom. The van der Waals surface area contributed by atoms with Gasteiger partial charge in [-0.3, -0.25) is 0 Å². The van der Waals surface area contributed by atoms with Gasteiger partial charge in [0, 0.05) is 0 Å². The second-order valence-electron chi connectivity index (χ2n) is 20.9. The Hall–Kier alpha value is -0.747. The van der Waals surface area contributed by atoms with Gasteiger partial charge in [-0.25, -0.2) is 0 Å². The molecule has 0 heterocycles. The van der Waals surface area contributed by atoms with Crippen LogP contribution in [0.5, 0.6) is 0 Å². The molecule has 0 aromatic heterocycles. The zero-order chi connectivity index (χ0) is 35.4. The van der Waals surface area contributed by atoms with Gasteiger partial charge >= 0.3 is 310 Å². The maximum atomic E-state index is 6.30. The van der Waals surface area contributed by atoms with Crippen LogP contribution in [0.15, 0.2) is 74.6 Å². The summed E-state index contributed by atoms with van der Waals surface area (Å²) in [6, 6.07) is 9.58. The van der Waals surface area contributed by atoms with Gasteiger partial charge in [0.1, 0.15) is 0 Å². The summed E-state index contributed by atoms with van der Waals surface area (Å²) in [5, 5.41) is 0. The molecule has 0 spiro atoms. The molecule has 286 valence electrons. The van der Waals surface area contributed by atoms with Crippen LogP contribution in [0.3, 0.4) is 0 Å². The molecular weight excluding hydrogens is 751 g/mol. The topological polar surface area (TPSA) is 0 Å². The average Bonchev–Trinajstić information content (AvgIpc) is 3.78. The number of allylic oxidation sites excluding steroid dienone is 10. The summed E-state index contributed by atoms with van der Waals surface area (Å²) >= 11 is -4.45. The van der Waals surface area contributed by atoms with Crippen LogP contribution in [-0.2, 0) is 24.7 Å². The van der Waals surface area contributed by atoms with Crippen molar-refractivity contribution in [2.24, 2.45) is 39.4 Å². The summed E-state index contributed by atoms with van der Waals surface area (Å²) in [5.41, 5.74) is 10.5. The number of fused-ring (bicyclic) bond motifs is 6. The Morgan fingerprint density at radius 1 is 0.712 bits per heavy atom. The number of hydrogen-bond acceptors (Lipinski definition) is 0. The summed E-state index contributed by atoms with van der Waals surface area (Å²) in [5.74, 6) is 2.23. The summed E-state index contributed by atoms with van der Waals surface area (Å²) in [4.78, 5) is 0. The normalized spacial score (nSPS) is 32.2. The first-order valence-corrected chi connectivity index (χ1v) is 28.9. The van der Waals surface area contributed by atoms with Crippen molar-refractivity contribution in [3.63, 3.8) is 0 Å². The van der Waals surface area contributed by atoms with E-state index in [0.29, 0.717) is 5.92 Å². The summed E-state index contributed by atoms with van der Waals surface area (Å²) in [7, 11) is 0. The predicted molar refractivity (Wildman–Crippen MR) is 230 cm³/mol. The second kappa shape index (κ2) is 13.7. The molecule has 3 fully saturated rings. The third-order valence-electron chi connectivity index (χ3n) is 19.2. The van der Waals surface area contributed by atoms with Gasteiger partial charge in [0.05, 0.1) is 0 Å². The van der Waals surface area contributed by atoms with Gasteiger partial charge in [-0.1, -0.05) is 0 Å². The van der Waals surface area contributed by atoms with Crippen molar-refractivity contribution in [2.75, 3.05) is 0 Å². The van der Waals surface area contributed by atoms with Crippen LogP contribution >= 0.6 is 24.8 Å². The number of halogens is 2. The van der Waals surface area contributed by atoms with Crippen LogP contribution in [0.4, 0.5) is 0 Å². The molecule has 0 radical (unpaired) electrons. The monoisotopic (exact) mass is 820 g/mol. The van der Waals surface area contributed by atoms with Crippen molar-refractivity contribution >= 4 is 34.6 Å². The van der Waals surface area contributed by atoms with Crippen molar-refractivity contribution in [3.05, 3.63) is 85.8 Å². The molecule has 3 unspecified atom stereocenters. The van der Waals surface area contributed by atoms with Gasteiger partial charge in [0.2, 0.25) is 0 Å². The van der Waals surface area contributed by atoms with Gasteiger partial charge in [0.15, 0.2) is 0 Å². The third kappa shape index (κ3) is 5.08. The van der Waals surface area contributed by atoms with Gasteiger partial charge < -0.3 is 0 Å². The fourth-order valence-electron chi connectivity index (χ4n) is 15.3. The fourth-order valence-corrected chi connectivity index (χ4v) is 39.7. The first-order chi connectivity index (χ1) is 23.6. The van der Waals surface area contributed by atoms with E-state index in [9.17, 15) is 0 Å². The molecule has 0 amide bonds. The molecule has 3 saturated carbocycles. The second-order valence-corrected chi connectivity index (χ2v) is 36.5. The van der Waals surface area contributed by atoms with E-state index in [1.807, 2.05) is 8.85 Å². The van der Waals surface area contributed by atoms with Crippen LogP contribution in [-0.4, -0.2) is 4.21 Å². The van der Waals surface area contributed by atoms with E-state index in [1.54, 1.807) is 27.8 Å². The van der Waals surface area contributed by atoms with E-state index in [4.69, 9.17) is 4.21 Å². The fraction of sp³-hybridized carbons (Fsp3) is 0.653. The van der Waals surface area contributed by atoms with E-state index in [0.717, 1.165) is 18.3 Å². The first kappa shape index (κ1) is 40.9. The Morgan fingerprint density at radius 2 is 1.31 bits per heavy atom. The van der Waals surface area contributed by atoms with Gasteiger partial charge in [0.25, 0.3) is 0 Å². The molecule has 0 bridgehead atoms. The Kier molecular flexibility index (Phi) is 10.8. The molecule has 0 N–H and O–H groups in total. The van der Waals surface area contributed by atoms with E-state index >= 15 is 0 Å². The molecule has 8 rings (SSSR count). The quantitative estimate of drug-likeness (QED) is 0.268.